The minimum Gasteiger partial charge on any atom is -0.465 e. The van der Waals surface area contributed by atoms with E-state index < -0.39 is 0 Å². The molecule has 2 aromatic rings. The summed E-state index contributed by atoms with van der Waals surface area (Å²) in [7, 11) is 0. The fourth-order valence-corrected chi connectivity index (χ4v) is 3.64. The smallest absolute Gasteiger partial charge is 0.270 e. The van der Waals surface area contributed by atoms with Gasteiger partial charge in [-0.1, -0.05) is 42.2 Å². The fraction of sp³-hybridized carbons (Fsp3) is 0. The molecule has 0 aliphatic carbocycles. The molecule has 6 heteroatoms. The molecule has 0 unspecified atom stereocenters. The summed E-state index contributed by atoms with van der Waals surface area (Å²) in [5.74, 6) is 0.614. The molecule has 1 fully saturated rings. The summed E-state index contributed by atoms with van der Waals surface area (Å²) in [6.07, 6.45) is 6.93. The van der Waals surface area contributed by atoms with E-state index in [9.17, 15) is 4.79 Å². The Morgan fingerprint density at radius 3 is 2.77 bits per heavy atom. The molecule has 0 saturated carbocycles. The Kier molecular flexibility index (Phi) is 4.61. The summed E-state index contributed by atoms with van der Waals surface area (Å²) in [5.41, 5.74) is 0.753. The summed E-state index contributed by atoms with van der Waals surface area (Å²) in [6, 6.07) is 11.2. The van der Waals surface area contributed by atoms with Crippen LogP contribution in [-0.4, -0.2) is 10.2 Å². The molecule has 1 aromatic carbocycles. The van der Waals surface area contributed by atoms with Gasteiger partial charge in [0, 0.05) is 4.47 Å². The topological polar surface area (TPSA) is 33.5 Å². The lowest BCUT2D eigenvalue weighted by molar-refractivity contribution is -0.113. The number of hydrogen-bond donors (Lipinski definition) is 0. The second kappa shape index (κ2) is 6.64. The highest BCUT2D eigenvalue weighted by atomic mass is 79.9. The van der Waals surface area contributed by atoms with E-state index in [0.717, 1.165) is 15.9 Å². The Labute approximate surface area is 145 Å². The number of rotatable bonds is 3. The van der Waals surface area contributed by atoms with Gasteiger partial charge in [0.1, 0.15) is 5.76 Å². The van der Waals surface area contributed by atoms with Crippen LogP contribution in [0.1, 0.15) is 5.76 Å². The Morgan fingerprint density at radius 1 is 1.23 bits per heavy atom. The number of halogens is 1. The third kappa shape index (κ3) is 3.09. The summed E-state index contributed by atoms with van der Waals surface area (Å²) < 4.78 is 6.56. The Morgan fingerprint density at radius 2 is 2.05 bits per heavy atom. The van der Waals surface area contributed by atoms with Gasteiger partial charge in [0.2, 0.25) is 0 Å². The lowest BCUT2D eigenvalue weighted by atomic mass is 10.3. The number of amides is 1. The van der Waals surface area contributed by atoms with E-state index in [0.29, 0.717) is 9.23 Å². The van der Waals surface area contributed by atoms with Gasteiger partial charge in [-0.25, -0.2) is 0 Å². The highest BCUT2D eigenvalue weighted by Gasteiger charge is 2.33. The van der Waals surface area contributed by atoms with Crippen molar-refractivity contribution in [2.45, 2.75) is 0 Å². The van der Waals surface area contributed by atoms with E-state index in [1.54, 1.807) is 24.5 Å². The molecule has 0 N–H and O–H groups in total. The zero-order chi connectivity index (χ0) is 15.5. The Hall–Kier alpha value is -1.63. The third-order valence-electron chi connectivity index (χ3n) is 2.94. The van der Waals surface area contributed by atoms with Gasteiger partial charge in [-0.3, -0.25) is 9.69 Å². The van der Waals surface area contributed by atoms with Crippen molar-refractivity contribution in [3.05, 3.63) is 70.0 Å². The number of hydrogen-bond acceptors (Lipinski definition) is 4. The van der Waals surface area contributed by atoms with Gasteiger partial charge in [0.25, 0.3) is 5.91 Å². The highest BCUT2D eigenvalue weighted by Crippen LogP contribution is 2.37. The minimum absolute atomic E-state index is 0.119. The maximum atomic E-state index is 12.5. The van der Waals surface area contributed by atoms with E-state index in [4.69, 9.17) is 16.6 Å². The summed E-state index contributed by atoms with van der Waals surface area (Å²) in [6.45, 7) is 0. The number of benzene rings is 1. The molecule has 1 aliphatic heterocycles. The van der Waals surface area contributed by atoms with Crippen LogP contribution in [0, 0.1) is 0 Å². The van der Waals surface area contributed by atoms with Crippen LogP contribution in [0.3, 0.4) is 0 Å². The first-order chi connectivity index (χ1) is 10.7. The number of anilines is 1. The molecule has 1 saturated heterocycles. The largest absolute Gasteiger partial charge is 0.465 e. The average Bonchev–Trinajstić information content (AvgIpc) is 3.10. The molecule has 0 spiro atoms. The molecule has 1 aliphatic rings. The molecule has 110 valence electrons. The van der Waals surface area contributed by atoms with E-state index in [-0.39, 0.29) is 5.91 Å². The van der Waals surface area contributed by atoms with Gasteiger partial charge < -0.3 is 4.42 Å². The van der Waals surface area contributed by atoms with Crippen molar-refractivity contribution in [3.8, 4) is 0 Å². The van der Waals surface area contributed by atoms with Crippen molar-refractivity contribution in [2.24, 2.45) is 0 Å². The molecule has 1 amide bonds. The molecule has 0 atom stereocenters. The van der Waals surface area contributed by atoms with Crippen LogP contribution >= 0.6 is 39.9 Å². The van der Waals surface area contributed by atoms with Crippen molar-refractivity contribution < 1.29 is 9.21 Å². The second-order valence-corrected chi connectivity index (χ2v) is 6.90. The van der Waals surface area contributed by atoms with Crippen molar-refractivity contribution >= 4 is 61.9 Å². The molecular formula is C16H10BrNO2S2. The molecule has 0 radical (unpaired) electrons. The number of carbonyl (C=O) groups excluding carboxylic acids is 1. The first-order valence-electron chi connectivity index (χ1n) is 6.39. The number of furan rings is 1. The van der Waals surface area contributed by atoms with Gasteiger partial charge in [-0.05, 0) is 52.3 Å². The van der Waals surface area contributed by atoms with Gasteiger partial charge >= 0.3 is 0 Å². The normalized spacial score (nSPS) is 17.1. The lowest BCUT2D eigenvalue weighted by Gasteiger charge is -2.15. The van der Waals surface area contributed by atoms with Crippen LogP contribution in [-0.2, 0) is 4.79 Å². The predicted octanol–water partition coefficient (Wildman–Crippen LogP) is 5.00. The van der Waals surface area contributed by atoms with Crippen molar-refractivity contribution in [2.75, 3.05) is 4.90 Å². The third-order valence-corrected chi connectivity index (χ3v) is 4.93. The molecule has 0 bridgehead atoms. The molecule has 3 rings (SSSR count). The van der Waals surface area contributed by atoms with Crippen LogP contribution in [0.15, 0.2) is 68.6 Å². The summed E-state index contributed by atoms with van der Waals surface area (Å²) >= 11 is 10.1. The summed E-state index contributed by atoms with van der Waals surface area (Å²) in [5, 5.41) is 0. The van der Waals surface area contributed by atoms with Gasteiger partial charge in [0.15, 0.2) is 4.32 Å². The predicted molar refractivity (Wildman–Crippen MR) is 97.6 cm³/mol. The number of para-hydroxylation sites is 1. The number of nitrogens with zero attached hydrogens (tertiary/aromatic N) is 1. The lowest BCUT2D eigenvalue weighted by Crippen LogP contribution is -2.27. The average molecular weight is 392 g/mol. The number of thiocarbonyl (C=S) groups is 1. The van der Waals surface area contributed by atoms with Crippen molar-refractivity contribution in [1.29, 1.82) is 0 Å². The number of thioether (sulfide) groups is 1. The van der Waals surface area contributed by atoms with E-state index >= 15 is 0 Å². The quantitative estimate of drug-likeness (QED) is 0.544. The first kappa shape index (κ1) is 15.3. The maximum absolute atomic E-state index is 12.5. The standard InChI is InChI=1S/C16H10BrNO2S2/c17-12-7-1-2-8-13(12)18-15(19)14(22-16(18)21)9-3-5-11-6-4-10-20-11/h1-10H/b5-3+,14-9-. The zero-order valence-corrected chi connectivity index (χ0v) is 14.5. The fourth-order valence-electron chi connectivity index (χ4n) is 1.94. The van der Waals surface area contributed by atoms with Crippen LogP contribution in [0.25, 0.3) is 6.08 Å². The first-order valence-corrected chi connectivity index (χ1v) is 8.41. The van der Waals surface area contributed by atoms with Crippen molar-refractivity contribution in [3.63, 3.8) is 0 Å². The highest BCUT2D eigenvalue weighted by molar-refractivity contribution is 9.10. The molecule has 22 heavy (non-hydrogen) atoms. The number of allylic oxidation sites excluding steroid dienone is 2. The van der Waals surface area contributed by atoms with E-state index in [2.05, 4.69) is 15.9 Å². The summed E-state index contributed by atoms with van der Waals surface area (Å²) in [4.78, 5) is 14.7. The molecule has 3 nitrogen and oxygen atoms in total. The monoisotopic (exact) mass is 391 g/mol. The second-order valence-electron chi connectivity index (χ2n) is 4.37. The SMILES string of the molecule is O=C1/C(=C/C=C/c2ccco2)SC(=S)N1c1ccccc1Br. The minimum atomic E-state index is -0.119. The van der Waals surface area contributed by atoms with Crippen LogP contribution in [0.4, 0.5) is 5.69 Å². The van der Waals surface area contributed by atoms with Gasteiger partial charge in [0.05, 0.1) is 16.9 Å². The molecule has 2 heterocycles. The van der Waals surface area contributed by atoms with Crippen LogP contribution in [0.2, 0.25) is 0 Å². The Bertz CT molecular complexity index is 781. The van der Waals surface area contributed by atoms with Crippen LogP contribution < -0.4 is 4.90 Å². The zero-order valence-electron chi connectivity index (χ0n) is 11.2. The van der Waals surface area contributed by atoms with Gasteiger partial charge in [-0.2, -0.15) is 0 Å². The van der Waals surface area contributed by atoms with Crippen molar-refractivity contribution in [1.82, 2.24) is 0 Å². The van der Waals surface area contributed by atoms with Gasteiger partial charge in [-0.15, -0.1) is 0 Å². The molecular weight excluding hydrogens is 382 g/mol. The maximum Gasteiger partial charge on any atom is 0.270 e. The molecule has 1 aromatic heterocycles. The number of carbonyl (C=O) groups is 1. The Balaban J connectivity index is 1.84. The van der Waals surface area contributed by atoms with E-state index in [1.807, 2.05) is 36.4 Å². The van der Waals surface area contributed by atoms with E-state index in [1.165, 1.54) is 16.7 Å². The van der Waals surface area contributed by atoms with Crippen LogP contribution in [0.5, 0.6) is 0 Å².